The van der Waals surface area contributed by atoms with Gasteiger partial charge in [0.1, 0.15) is 15.4 Å². The molecule has 1 aromatic heterocycles. The largest absolute Gasteiger partial charge is 0.395 e. The lowest BCUT2D eigenvalue weighted by Gasteiger charge is -2.23. The van der Waals surface area contributed by atoms with E-state index in [2.05, 4.69) is 10.5 Å². The highest BCUT2D eigenvalue weighted by Crippen LogP contribution is 2.30. The zero-order valence-corrected chi connectivity index (χ0v) is 16.0. The minimum Gasteiger partial charge on any atom is -0.395 e. The third-order valence-electron chi connectivity index (χ3n) is 4.24. The molecule has 0 unspecified atom stereocenters. The summed E-state index contributed by atoms with van der Waals surface area (Å²) in [5.41, 5.74) is -0.762. The molecular weight excluding hydrogens is 382 g/mol. The molecule has 0 radical (unpaired) electrons. The van der Waals surface area contributed by atoms with Gasteiger partial charge >= 0.3 is 0 Å². The number of carbonyl (C=O) groups is 1. The molecule has 0 saturated heterocycles. The van der Waals surface area contributed by atoms with Crippen molar-refractivity contribution in [2.45, 2.75) is 42.8 Å². The fourth-order valence-electron chi connectivity index (χ4n) is 2.09. The number of sulfone groups is 1. The maximum Gasteiger partial charge on any atom is 0.246 e. The van der Waals surface area contributed by atoms with Gasteiger partial charge in [0.25, 0.3) is 0 Å². The van der Waals surface area contributed by atoms with Crippen molar-refractivity contribution in [3.05, 3.63) is 41.7 Å². The van der Waals surface area contributed by atoms with Crippen LogP contribution in [-0.2, 0) is 20.0 Å². The molecule has 0 aliphatic heterocycles. The van der Waals surface area contributed by atoms with Crippen molar-refractivity contribution < 1.29 is 31.6 Å². The number of nitrogens with one attached hydrogen (secondary N) is 1. The summed E-state index contributed by atoms with van der Waals surface area (Å²) in [4.78, 5) is 11.6. The van der Waals surface area contributed by atoms with E-state index in [1.165, 1.54) is 6.07 Å². The summed E-state index contributed by atoms with van der Waals surface area (Å²) in [7, 11) is -4.56. The van der Waals surface area contributed by atoms with E-state index in [9.17, 15) is 27.1 Å². The second-order valence-electron chi connectivity index (χ2n) is 7.14. The molecule has 148 valence electrons. The van der Waals surface area contributed by atoms with Crippen LogP contribution in [0.25, 0.3) is 0 Å². The lowest BCUT2D eigenvalue weighted by atomic mass is 9.92. The predicted molar refractivity (Wildman–Crippen MR) is 92.9 cm³/mol. The Bertz CT molecular complexity index is 967. The topological polar surface area (TPSA) is 110 Å². The van der Waals surface area contributed by atoms with Crippen LogP contribution in [0.4, 0.5) is 14.6 Å². The van der Waals surface area contributed by atoms with E-state index in [1.807, 2.05) is 0 Å². The van der Waals surface area contributed by atoms with Crippen LogP contribution in [0.3, 0.4) is 0 Å². The van der Waals surface area contributed by atoms with Crippen LogP contribution in [0.15, 0.2) is 33.7 Å². The van der Waals surface area contributed by atoms with E-state index in [-0.39, 0.29) is 18.2 Å². The van der Waals surface area contributed by atoms with Crippen LogP contribution in [0.2, 0.25) is 0 Å². The van der Waals surface area contributed by atoms with Gasteiger partial charge < -0.3 is 14.9 Å². The van der Waals surface area contributed by atoms with Crippen LogP contribution in [0.5, 0.6) is 0 Å². The van der Waals surface area contributed by atoms with Crippen molar-refractivity contribution in [3.63, 3.8) is 0 Å². The van der Waals surface area contributed by atoms with Crippen LogP contribution >= 0.6 is 0 Å². The number of nitrogens with zero attached hydrogens (tertiary/aromatic N) is 1. The van der Waals surface area contributed by atoms with Crippen LogP contribution < -0.4 is 5.32 Å². The number of aliphatic hydroxyl groups is 1. The summed E-state index contributed by atoms with van der Waals surface area (Å²) in [5.74, 6) is -3.68. The fourth-order valence-corrected chi connectivity index (χ4v) is 3.52. The van der Waals surface area contributed by atoms with Gasteiger partial charge in [-0.1, -0.05) is 25.1 Å². The summed E-state index contributed by atoms with van der Waals surface area (Å²) >= 11 is 0. The molecule has 0 saturated carbocycles. The number of hydrogen-bond donors (Lipinski definition) is 2. The fraction of sp³-hybridized carbons (Fsp3) is 0.412. The van der Waals surface area contributed by atoms with Gasteiger partial charge in [-0.2, -0.15) is 0 Å². The van der Waals surface area contributed by atoms with E-state index in [4.69, 9.17) is 4.52 Å². The molecule has 0 bridgehead atoms. The molecule has 2 rings (SSSR count). The maximum absolute atomic E-state index is 14.0. The summed E-state index contributed by atoms with van der Waals surface area (Å²) in [6, 6.07) is 4.06. The summed E-state index contributed by atoms with van der Waals surface area (Å²) < 4.78 is 55.7. The average molecular weight is 402 g/mol. The highest BCUT2D eigenvalue weighted by molar-refractivity contribution is 7.93. The number of rotatable bonds is 6. The van der Waals surface area contributed by atoms with Gasteiger partial charge in [-0.15, -0.1) is 0 Å². The second kappa shape index (κ2) is 7.01. The number of amides is 1. The molecule has 2 N–H and O–H groups in total. The standard InChI is InChI=1S/C17H20F2N2O5S/c1-16(2,9-22)12-8-13(21-26-12)20-15(23)17(3,4)27(24,25)11-7-5-6-10(18)14(11)19/h5-8,22H,9H2,1-4H3,(H,20,21,23). The lowest BCUT2D eigenvalue weighted by Crippen LogP contribution is -2.44. The van der Waals surface area contributed by atoms with Gasteiger partial charge in [-0.3, -0.25) is 4.79 Å². The molecule has 2 aromatic rings. The van der Waals surface area contributed by atoms with Gasteiger partial charge in [-0.25, -0.2) is 17.2 Å². The van der Waals surface area contributed by atoms with Crippen molar-refractivity contribution >= 4 is 21.6 Å². The van der Waals surface area contributed by atoms with Gasteiger partial charge in [0.15, 0.2) is 27.3 Å². The minimum atomic E-state index is -4.56. The molecule has 1 heterocycles. The van der Waals surface area contributed by atoms with Crippen molar-refractivity contribution in [2.75, 3.05) is 11.9 Å². The highest BCUT2D eigenvalue weighted by Gasteiger charge is 2.45. The van der Waals surface area contributed by atoms with Crippen molar-refractivity contribution in [1.82, 2.24) is 5.16 Å². The first-order valence-electron chi connectivity index (χ1n) is 7.93. The summed E-state index contributed by atoms with van der Waals surface area (Å²) in [6.07, 6.45) is 0. The Hall–Kier alpha value is -2.33. The second-order valence-corrected chi connectivity index (χ2v) is 9.61. The number of hydrogen-bond acceptors (Lipinski definition) is 6. The third-order valence-corrected chi connectivity index (χ3v) is 6.66. The Balaban J connectivity index is 2.33. The third kappa shape index (κ3) is 3.72. The molecule has 0 aliphatic carbocycles. The maximum atomic E-state index is 14.0. The summed E-state index contributed by atoms with van der Waals surface area (Å²) in [5, 5.41) is 15.2. The van der Waals surface area contributed by atoms with Crippen molar-refractivity contribution in [3.8, 4) is 0 Å². The Kier molecular flexibility index (Phi) is 5.44. The first-order chi connectivity index (χ1) is 12.3. The van der Waals surface area contributed by atoms with Gasteiger partial charge in [0.05, 0.1) is 6.61 Å². The molecule has 7 nitrogen and oxygen atoms in total. The van der Waals surface area contributed by atoms with Crippen LogP contribution in [0.1, 0.15) is 33.5 Å². The normalized spacial score (nSPS) is 12.9. The van der Waals surface area contributed by atoms with E-state index >= 15 is 0 Å². The molecule has 27 heavy (non-hydrogen) atoms. The number of carbonyl (C=O) groups excluding carboxylic acids is 1. The SMILES string of the molecule is CC(C)(CO)c1cc(NC(=O)C(C)(C)S(=O)(=O)c2cccc(F)c2F)no1. The molecule has 0 aliphatic rings. The van der Waals surface area contributed by atoms with Gasteiger partial charge in [0, 0.05) is 11.5 Å². The summed E-state index contributed by atoms with van der Waals surface area (Å²) in [6.45, 7) is 5.26. The molecule has 1 aromatic carbocycles. The molecule has 0 atom stereocenters. The van der Waals surface area contributed by atoms with Crippen molar-refractivity contribution in [2.24, 2.45) is 0 Å². The lowest BCUT2D eigenvalue weighted by molar-refractivity contribution is -0.117. The Labute approximate surface area is 155 Å². The van der Waals surface area contributed by atoms with Gasteiger partial charge in [-0.05, 0) is 26.0 Å². The van der Waals surface area contributed by atoms with E-state index in [0.29, 0.717) is 0 Å². The number of aromatic nitrogens is 1. The average Bonchev–Trinajstić information content (AvgIpc) is 3.06. The first-order valence-corrected chi connectivity index (χ1v) is 9.41. The minimum absolute atomic E-state index is 0.0699. The van der Waals surface area contributed by atoms with Crippen LogP contribution in [0, 0.1) is 11.6 Å². The van der Waals surface area contributed by atoms with E-state index < -0.39 is 42.4 Å². The number of anilines is 1. The zero-order chi connectivity index (χ0) is 20.6. The molecular formula is C17H20F2N2O5S. The quantitative estimate of drug-likeness (QED) is 0.768. The molecule has 0 spiro atoms. The number of benzene rings is 1. The smallest absolute Gasteiger partial charge is 0.246 e. The van der Waals surface area contributed by atoms with Crippen molar-refractivity contribution in [1.29, 1.82) is 0 Å². The molecule has 0 fully saturated rings. The Morgan fingerprint density at radius 1 is 1.26 bits per heavy atom. The first kappa shape index (κ1) is 21.0. The highest BCUT2D eigenvalue weighted by atomic mass is 32.2. The van der Waals surface area contributed by atoms with Crippen LogP contribution in [-0.4, -0.2) is 35.9 Å². The molecule has 10 heteroatoms. The molecule has 1 amide bonds. The monoisotopic (exact) mass is 402 g/mol. The number of halogens is 2. The van der Waals surface area contributed by atoms with E-state index in [1.54, 1.807) is 13.8 Å². The zero-order valence-electron chi connectivity index (χ0n) is 15.2. The Morgan fingerprint density at radius 3 is 2.48 bits per heavy atom. The predicted octanol–water partition coefficient (Wildman–Crippen LogP) is 2.41. The van der Waals surface area contributed by atoms with E-state index in [0.717, 1.165) is 32.0 Å². The number of aliphatic hydroxyl groups excluding tert-OH is 1. The van der Waals surface area contributed by atoms with Gasteiger partial charge in [0.2, 0.25) is 5.91 Å². The Morgan fingerprint density at radius 2 is 1.89 bits per heavy atom.